The van der Waals surface area contributed by atoms with Crippen LogP contribution < -0.4 is 9.64 Å². The number of carbonyl (C=O) groups excluding carboxylic acids is 2. The third-order valence-corrected chi connectivity index (χ3v) is 4.90. The number of carbonyl (C=O) groups is 2. The minimum atomic E-state index is -0.608. The summed E-state index contributed by atoms with van der Waals surface area (Å²) >= 11 is 0. The molecule has 0 radical (unpaired) electrons. The van der Waals surface area contributed by atoms with Gasteiger partial charge in [-0.15, -0.1) is 0 Å². The Morgan fingerprint density at radius 3 is 2.72 bits per heavy atom. The molecule has 6 heteroatoms. The zero-order valence-corrected chi connectivity index (χ0v) is 15.8. The van der Waals surface area contributed by atoms with Gasteiger partial charge < -0.3 is 14.1 Å². The van der Waals surface area contributed by atoms with Crippen molar-refractivity contribution in [1.82, 2.24) is 0 Å². The first-order valence-corrected chi connectivity index (χ1v) is 9.30. The van der Waals surface area contributed by atoms with Crippen LogP contribution in [0, 0.1) is 11.3 Å². The highest BCUT2D eigenvalue weighted by Crippen LogP contribution is 2.37. The molecule has 1 amide bonds. The number of anilines is 1. The fraction of sp³-hybridized carbons (Fsp3) is 0.174. The van der Waals surface area contributed by atoms with Crippen LogP contribution in [0.5, 0.6) is 5.75 Å². The van der Waals surface area contributed by atoms with Gasteiger partial charge in [-0.25, -0.2) is 0 Å². The van der Waals surface area contributed by atoms with Crippen molar-refractivity contribution in [3.05, 3.63) is 83.3 Å². The maximum absolute atomic E-state index is 13.0. The van der Waals surface area contributed by atoms with Crippen molar-refractivity contribution in [1.29, 1.82) is 5.26 Å². The number of nitrogens with zero attached hydrogens (tertiary/aromatic N) is 2. The minimum Gasteiger partial charge on any atom is -0.478 e. The van der Waals surface area contributed by atoms with Crippen LogP contribution in [-0.2, 0) is 11.3 Å². The summed E-state index contributed by atoms with van der Waals surface area (Å²) in [5.74, 6) is 0.276. The lowest BCUT2D eigenvalue weighted by molar-refractivity contribution is -0.126. The number of hydrogen-bond donors (Lipinski definition) is 0. The molecule has 2 aromatic carbocycles. The molecule has 0 saturated heterocycles. The molecule has 0 spiro atoms. The Labute approximate surface area is 167 Å². The van der Waals surface area contributed by atoms with Crippen LogP contribution in [0.2, 0.25) is 0 Å². The number of ether oxygens (including phenoxy) is 1. The molecule has 1 aromatic heterocycles. The Bertz CT molecular complexity index is 1110. The molecular weight excluding hydrogens is 368 g/mol. The van der Waals surface area contributed by atoms with Crippen molar-refractivity contribution >= 4 is 17.4 Å². The van der Waals surface area contributed by atoms with E-state index >= 15 is 0 Å². The summed E-state index contributed by atoms with van der Waals surface area (Å²) in [7, 11) is 0. The first-order chi connectivity index (χ1) is 14.1. The Morgan fingerprint density at radius 2 is 2.00 bits per heavy atom. The SMILES string of the molecule is CC[C@H]1Oc2ccc(C(=O)c3ccco3)cc2N(Cc2ccccc2C#N)C1=O. The number of benzene rings is 2. The largest absolute Gasteiger partial charge is 0.478 e. The van der Waals surface area contributed by atoms with Gasteiger partial charge in [0.2, 0.25) is 5.78 Å². The van der Waals surface area contributed by atoms with Gasteiger partial charge in [-0.2, -0.15) is 5.26 Å². The van der Waals surface area contributed by atoms with E-state index in [1.165, 1.54) is 6.26 Å². The van der Waals surface area contributed by atoms with Gasteiger partial charge in [0.25, 0.3) is 5.91 Å². The average Bonchev–Trinajstić information content (AvgIpc) is 3.30. The molecule has 0 aliphatic carbocycles. The standard InChI is InChI=1S/C23H18N2O4/c1-2-19-23(27)25(14-17-7-4-3-6-16(17)13-24)18-12-15(9-10-20(18)29-19)22(26)21-8-5-11-28-21/h3-12,19H,2,14H2,1H3/t19-/m1/s1. The van der Waals surface area contributed by atoms with Crippen LogP contribution in [0.15, 0.2) is 65.3 Å². The second kappa shape index (κ2) is 7.64. The fourth-order valence-corrected chi connectivity index (χ4v) is 3.37. The second-order valence-electron chi connectivity index (χ2n) is 6.70. The predicted molar refractivity (Wildman–Crippen MR) is 106 cm³/mol. The summed E-state index contributed by atoms with van der Waals surface area (Å²) in [6.45, 7) is 2.09. The van der Waals surface area contributed by atoms with Crippen molar-refractivity contribution in [3.63, 3.8) is 0 Å². The highest BCUT2D eigenvalue weighted by Gasteiger charge is 2.34. The Kier molecular flexibility index (Phi) is 4.88. The third kappa shape index (κ3) is 3.39. The first-order valence-electron chi connectivity index (χ1n) is 9.30. The summed E-state index contributed by atoms with van der Waals surface area (Å²) < 4.78 is 11.1. The summed E-state index contributed by atoms with van der Waals surface area (Å²) in [5.41, 5.74) is 2.13. The van der Waals surface area contributed by atoms with Crippen molar-refractivity contribution in [2.75, 3.05) is 4.90 Å². The molecule has 0 fully saturated rings. The van der Waals surface area contributed by atoms with Gasteiger partial charge in [0, 0.05) is 5.56 Å². The molecule has 0 N–H and O–H groups in total. The maximum Gasteiger partial charge on any atom is 0.268 e. The van der Waals surface area contributed by atoms with E-state index in [1.54, 1.807) is 47.4 Å². The van der Waals surface area contributed by atoms with E-state index in [0.717, 1.165) is 5.56 Å². The summed E-state index contributed by atoms with van der Waals surface area (Å²) in [4.78, 5) is 27.3. The molecular formula is C23H18N2O4. The van der Waals surface area contributed by atoms with Crippen LogP contribution in [0.4, 0.5) is 5.69 Å². The number of hydrogen-bond acceptors (Lipinski definition) is 5. The molecule has 144 valence electrons. The van der Waals surface area contributed by atoms with Crippen molar-refractivity contribution in [3.8, 4) is 11.8 Å². The lowest BCUT2D eigenvalue weighted by atomic mass is 10.0. The Hall–Kier alpha value is -3.85. The number of fused-ring (bicyclic) bond motifs is 1. The number of amides is 1. The smallest absolute Gasteiger partial charge is 0.268 e. The van der Waals surface area contributed by atoms with Crippen LogP contribution in [-0.4, -0.2) is 17.8 Å². The molecule has 1 atom stereocenters. The van der Waals surface area contributed by atoms with Crippen molar-refractivity contribution < 1.29 is 18.7 Å². The van der Waals surface area contributed by atoms with Gasteiger partial charge in [0.1, 0.15) is 5.75 Å². The number of ketones is 1. The molecule has 6 nitrogen and oxygen atoms in total. The second-order valence-corrected chi connectivity index (χ2v) is 6.70. The number of rotatable bonds is 5. The lowest BCUT2D eigenvalue weighted by Crippen LogP contribution is -2.45. The van der Waals surface area contributed by atoms with Crippen LogP contribution >= 0.6 is 0 Å². The van der Waals surface area contributed by atoms with Gasteiger partial charge in [0.15, 0.2) is 11.9 Å². The maximum atomic E-state index is 13.0. The van der Waals surface area contributed by atoms with E-state index in [1.807, 2.05) is 19.1 Å². The normalized spacial score (nSPS) is 15.4. The Balaban J connectivity index is 1.77. The van der Waals surface area contributed by atoms with Gasteiger partial charge in [0.05, 0.1) is 30.1 Å². The third-order valence-electron chi connectivity index (χ3n) is 4.90. The monoisotopic (exact) mass is 386 g/mol. The molecule has 29 heavy (non-hydrogen) atoms. The van der Waals surface area contributed by atoms with E-state index in [4.69, 9.17) is 9.15 Å². The summed E-state index contributed by atoms with van der Waals surface area (Å²) in [5, 5.41) is 9.40. The number of nitriles is 1. The summed E-state index contributed by atoms with van der Waals surface area (Å²) in [6, 6.07) is 17.6. The van der Waals surface area contributed by atoms with E-state index in [2.05, 4.69) is 6.07 Å². The van der Waals surface area contributed by atoms with Crippen molar-refractivity contribution in [2.24, 2.45) is 0 Å². The van der Waals surface area contributed by atoms with Gasteiger partial charge >= 0.3 is 0 Å². The van der Waals surface area contributed by atoms with Crippen LogP contribution in [0.25, 0.3) is 0 Å². The highest BCUT2D eigenvalue weighted by molar-refractivity contribution is 6.09. The van der Waals surface area contributed by atoms with E-state index in [0.29, 0.717) is 29.0 Å². The molecule has 0 saturated carbocycles. The van der Waals surface area contributed by atoms with E-state index in [-0.39, 0.29) is 24.0 Å². The molecule has 0 bridgehead atoms. The van der Waals surface area contributed by atoms with Crippen molar-refractivity contribution in [2.45, 2.75) is 26.0 Å². The Morgan fingerprint density at radius 1 is 1.17 bits per heavy atom. The molecule has 1 aliphatic rings. The fourth-order valence-electron chi connectivity index (χ4n) is 3.37. The quantitative estimate of drug-likeness (QED) is 0.617. The molecule has 0 unspecified atom stereocenters. The van der Waals surface area contributed by atoms with E-state index < -0.39 is 6.10 Å². The minimum absolute atomic E-state index is 0.199. The van der Waals surface area contributed by atoms with E-state index in [9.17, 15) is 14.9 Å². The average molecular weight is 386 g/mol. The number of furan rings is 1. The van der Waals surface area contributed by atoms with Crippen LogP contribution in [0.3, 0.4) is 0 Å². The van der Waals surface area contributed by atoms with Gasteiger partial charge in [-0.1, -0.05) is 25.1 Å². The molecule has 1 aliphatic heterocycles. The van der Waals surface area contributed by atoms with Gasteiger partial charge in [-0.3, -0.25) is 9.59 Å². The zero-order chi connectivity index (χ0) is 20.4. The predicted octanol–water partition coefficient (Wildman–Crippen LogP) is 4.09. The first kappa shape index (κ1) is 18.5. The molecule has 2 heterocycles. The molecule has 3 aromatic rings. The zero-order valence-electron chi connectivity index (χ0n) is 15.8. The van der Waals surface area contributed by atoms with Gasteiger partial charge in [-0.05, 0) is 48.4 Å². The summed E-state index contributed by atoms with van der Waals surface area (Å²) in [6.07, 6.45) is 1.35. The highest BCUT2D eigenvalue weighted by atomic mass is 16.5. The molecule has 4 rings (SSSR count). The topological polar surface area (TPSA) is 83.5 Å². The lowest BCUT2D eigenvalue weighted by Gasteiger charge is -2.34. The van der Waals surface area contributed by atoms with Crippen LogP contribution in [0.1, 0.15) is 40.6 Å².